The second-order valence-electron chi connectivity index (χ2n) is 5.54. The van der Waals surface area contributed by atoms with Crippen LogP contribution in [-0.2, 0) is 10.0 Å². The van der Waals surface area contributed by atoms with E-state index in [-0.39, 0.29) is 5.56 Å². The summed E-state index contributed by atoms with van der Waals surface area (Å²) in [5, 5.41) is 18.9. The second-order valence-corrected chi connectivity index (χ2v) is 7.19. The van der Waals surface area contributed by atoms with Crippen LogP contribution in [0.25, 0.3) is 11.1 Å². The van der Waals surface area contributed by atoms with Crippen LogP contribution in [-0.4, -0.2) is 24.6 Å². The van der Waals surface area contributed by atoms with E-state index < -0.39 is 26.6 Å². The number of phenols is 1. The van der Waals surface area contributed by atoms with Crippen LogP contribution in [0.2, 0.25) is 0 Å². The summed E-state index contributed by atoms with van der Waals surface area (Å²) in [5.74, 6) is -1.81. The van der Waals surface area contributed by atoms with Gasteiger partial charge in [0, 0.05) is 5.69 Å². The topological polar surface area (TPSA) is 104 Å². The van der Waals surface area contributed by atoms with Crippen molar-refractivity contribution in [3.8, 4) is 16.9 Å². The zero-order chi connectivity index (χ0) is 18.7. The first-order chi connectivity index (χ1) is 12.4. The summed E-state index contributed by atoms with van der Waals surface area (Å²) in [6.07, 6.45) is 0. The van der Waals surface area contributed by atoms with E-state index in [9.17, 15) is 18.3 Å². The van der Waals surface area contributed by atoms with Crippen molar-refractivity contribution in [2.24, 2.45) is 0 Å². The molecule has 132 valence electrons. The fourth-order valence-corrected chi connectivity index (χ4v) is 3.64. The molecule has 26 heavy (non-hydrogen) atoms. The van der Waals surface area contributed by atoms with Gasteiger partial charge in [0.25, 0.3) is 10.0 Å². The minimum Gasteiger partial charge on any atom is -0.507 e. The molecule has 0 radical (unpaired) electrons. The SMILES string of the molecule is O=C(O)c1ccc(O)c(S(=O)(=O)Nc2cccc(-c3ccccc3)c2)c1. The lowest BCUT2D eigenvalue weighted by Crippen LogP contribution is -2.14. The highest BCUT2D eigenvalue weighted by Crippen LogP contribution is 2.28. The van der Waals surface area contributed by atoms with E-state index in [1.54, 1.807) is 18.2 Å². The van der Waals surface area contributed by atoms with Gasteiger partial charge in [-0.05, 0) is 41.5 Å². The van der Waals surface area contributed by atoms with Crippen molar-refractivity contribution in [2.45, 2.75) is 4.90 Å². The molecule has 3 aromatic rings. The molecule has 0 aliphatic heterocycles. The molecule has 0 bridgehead atoms. The number of carboxylic acid groups (broad SMARTS) is 1. The number of anilines is 1. The zero-order valence-electron chi connectivity index (χ0n) is 13.5. The molecule has 0 fully saturated rings. The average molecular weight is 369 g/mol. The van der Waals surface area contributed by atoms with Crippen LogP contribution in [0.15, 0.2) is 77.7 Å². The van der Waals surface area contributed by atoms with Crippen LogP contribution in [0.3, 0.4) is 0 Å². The van der Waals surface area contributed by atoms with Crippen LogP contribution < -0.4 is 4.72 Å². The van der Waals surface area contributed by atoms with E-state index in [0.717, 1.165) is 29.3 Å². The molecule has 0 unspecified atom stereocenters. The number of aromatic carboxylic acids is 1. The lowest BCUT2D eigenvalue weighted by atomic mass is 10.1. The molecule has 0 saturated heterocycles. The van der Waals surface area contributed by atoms with Crippen molar-refractivity contribution in [3.05, 3.63) is 78.4 Å². The van der Waals surface area contributed by atoms with Crippen molar-refractivity contribution in [1.82, 2.24) is 0 Å². The molecule has 0 spiro atoms. The minimum atomic E-state index is -4.16. The Morgan fingerprint density at radius 3 is 2.23 bits per heavy atom. The van der Waals surface area contributed by atoms with E-state index >= 15 is 0 Å². The molecule has 3 aromatic carbocycles. The molecule has 6 nitrogen and oxygen atoms in total. The number of hydrogen-bond acceptors (Lipinski definition) is 4. The maximum atomic E-state index is 12.6. The van der Waals surface area contributed by atoms with Gasteiger partial charge in [0.15, 0.2) is 0 Å². The minimum absolute atomic E-state index is 0.235. The molecule has 0 aliphatic rings. The lowest BCUT2D eigenvalue weighted by Gasteiger charge is -2.11. The Balaban J connectivity index is 1.96. The third-order valence-corrected chi connectivity index (χ3v) is 5.13. The van der Waals surface area contributed by atoms with Gasteiger partial charge in [-0.1, -0.05) is 42.5 Å². The largest absolute Gasteiger partial charge is 0.507 e. The Morgan fingerprint density at radius 1 is 0.846 bits per heavy atom. The lowest BCUT2D eigenvalue weighted by molar-refractivity contribution is 0.0696. The number of phenolic OH excluding ortho intramolecular Hbond substituents is 1. The van der Waals surface area contributed by atoms with Crippen LogP contribution in [0, 0.1) is 0 Å². The first-order valence-corrected chi connectivity index (χ1v) is 9.10. The number of rotatable bonds is 5. The van der Waals surface area contributed by atoms with E-state index in [0.29, 0.717) is 5.69 Å². The first-order valence-electron chi connectivity index (χ1n) is 7.61. The van der Waals surface area contributed by atoms with Crippen molar-refractivity contribution in [2.75, 3.05) is 4.72 Å². The third kappa shape index (κ3) is 3.68. The molecule has 0 saturated carbocycles. The van der Waals surface area contributed by atoms with Gasteiger partial charge in [-0.15, -0.1) is 0 Å². The molecule has 0 aliphatic carbocycles. The second kappa shape index (κ2) is 6.89. The van der Waals surface area contributed by atoms with Crippen molar-refractivity contribution >= 4 is 21.7 Å². The molecule has 7 heteroatoms. The number of nitrogens with one attached hydrogen (secondary N) is 1. The summed E-state index contributed by atoms with van der Waals surface area (Å²) in [5.41, 5.74) is 1.80. The Labute approximate surface area is 150 Å². The van der Waals surface area contributed by atoms with Crippen LogP contribution >= 0.6 is 0 Å². The Kier molecular flexibility index (Phi) is 4.64. The van der Waals surface area contributed by atoms with E-state index in [1.165, 1.54) is 0 Å². The molecule has 3 N–H and O–H groups in total. The van der Waals surface area contributed by atoms with Gasteiger partial charge >= 0.3 is 5.97 Å². The predicted molar refractivity (Wildman–Crippen MR) is 97.8 cm³/mol. The predicted octanol–water partition coefficient (Wildman–Crippen LogP) is 3.56. The average Bonchev–Trinajstić information content (AvgIpc) is 2.62. The summed E-state index contributed by atoms with van der Waals surface area (Å²) in [6.45, 7) is 0. The Bertz CT molecular complexity index is 1060. The Morgan fingerprint density at radius 2 is 1.54 bits per heavy atom. The van der Waals surface area contributed by atoms with Gasteiger partial charge in [0.1, 0.15) is 10.6 Å². The maximum absolute atomic E-state index is 12.6. The number of hydrogen-bond donors (Lipinski definition) is 3. The van der Waals surface area contributed by atoms with Gasteiger partial charge in [0.2, 0.25) is 0 Å². The zero-order valence-corrected chi connectivity index (χ0v) is 14.3. The summed E-state index contributed by atoms with van der Waals surface area (Å²) >= 11 is 0. The molecule has 0 heterocycles. The number of carboxylic acids is 1. The summed E-state index contributed by atoms with van der Waals surface area (Å²) in [7, 11) is -4.16. The van der Waals surface area contributed by atoms with Crippen LogP contribution in [0.5, 0.6) is 5.75 Å². The summed E-state index contributed by atoms with van der Waals surface area (Å²) < 4.78 is 27.5. The molecular formula is C19H15NO5S. The first kappa shape index (κ1) is 17.5. The third-order valence-electron chi connectivity index (χ3n) is 3.72. The highest BCUT2D eigenvalue weighted by Gasteiger charge is 2.21. The summed E-state index contributed by atoms with van der Waals surface area (Å²) in [4.78, 5) is 10.6. The number of aromatic hydroxyl groups is 1. The highest BCUT2D eigenvalue weighted by atomic mass is 32.2. The maximum Gasteiger partial charge on any atom is 0.335 e. The number of sulfonamides is 1. The van der Waals surface area contributed by atoms with Gasteiger partial charge in [0.05, 0.1) is 5.56 Å². The molecule has 0 amide bonds. The summed E-state index contributed by atoms with van der Waals surface area (Å²) in [6, 6.07) is 19.3. The van der Waals surface area contributed by atoms with Crippen molar-refractivity contribution < 1.29 is 23.4 Å². The Hall–Kier alpha value is -3.32. The molecule has 3 rings (SSSR count). The van der Waals surface area contributed by atoms with Gasteiger partial charge in [-0.25, -0.2) is 13.2 Å². The van der Waals surface area contributed by atoms with E-state index in [2.05, 4.69) is 4.72 Å². The fourth-order valence-electron chi connectivity index (χ4n) is 2.47. The van der Waals surface area contributed by atoms with Gasteiger partial charge in [-0.3, -0.25) is 4.72 Å². The van der Waals surface area contributed by atoms with Crippen LogP contribution in [0.1, 0.15) is 10.4 Å². The van der Waals surface area contributed by atoms with Crippen molar-refractivity contribution in [1.29, 1.82) is 0 Å². The normalized spacial score (nSPS) is 11.1. The number of benzene rings is 3. The van der Waals surface area contributed by atoms with E-state index in [1.807, 2.05) is 36.4 Å². The van der Waals surface area contributed by atoms with Gasteiger partial charge in [-0.2, -0.15) is 0 Å². The quantitative estimate of drug-likeness (QED) is 0.638. The molecular weight excluding hydrogens is 354 g/mol. The standard InChI is InChI=1S/C19H15NO5S/c21-17-10-9-15(19(22)23)12-18(17)26(24,25)20-16-8-4-7-14(11-16)13-5-2-1-3-6-13/h1-12,20-21H,(H,22,23). The van der Waals surface area contributed by atoms with E-state index in [4.69, 9.17) is 5.11 Å². The van der Waals surface area contributed by atoms with Gasteiger partial charge < -0.3 is 10.2 Å². The smallest absolute Gasteiger partial charge is 0.335 e. The van der Waals surface area contributed by atoms with Crippen molar-refractivity contribution in [3.63, 3.8) is 0 Å². The molecule has 0 atom stereocenters. The highest BCUT2D eigenvalue weighted by molar-refractivity contribution is 7.92. The monoisotopic (exact) mass is 369 g/mol. The van der Waals surface area contributed by atoms with Crippen LogP contribution in [0.4, 0.5) is 5.69 Å². The molecule has 0 aromatic heterocycles. The number of carbonyl (C=O) groups is 1. The fraction of sp³-hybridized carbons (Fsp3) is 0.